The molecule has 0 spiro atoms. The summed E-state index contributed by atoms with van der Waals surface area (Å²) in [5.41, 5.74) is 1.22. The van der Waals surface area contributed by atoms with Crippen LogP contribution in [0.5, 0.6) is 5.75 Å². The molecule has 104 valence electrons. The predicted molar refractivity (Wildman–Crippen MR) is 74.3 cm³/mol. The molecule has 19 heavy (non-hydrogen) atoms. The predicted octanol–water partition coefficient (Wildman–Crippen LogP) is 2.75. The first-order chi connectivity index (χ1) is 9.19. The summed E-state index contributed by atoms with van der Waals surface area (Å²) in [7, 11) is 1.66. The molecular formula is C16H22O3. The molecule has 1 aromatic rings. The van der Waals surface area contributed by atoms with Gasteiger partial charge in [-0.25, -0.2) is 0 Å². The van der Waals surface area contributed by atoms with Gasteiger partial charge in [0.05, 0.1) is 13.2 Å². The molecule has 0 aliphatic heterocycles. The number of rotatable bonds is 3. The van der Waals surface area contributed by atoms with E-state index in [9.17, 15) is 9.90 Å². The summed E-state index contributed by atoms with van der Waals surface area (Å²) in [5.74, 6) is 1.41. The van der Waals surface area contributed by atoms with E-state index >= 15 is 0 Å². The van der Waals surface area contributed by atoms with Crippen LogP contribution in [0.4, 0.5) is 0 Å². The number of aliphatic hydroxyl groups excluding tert-OH is 1. The molecule has 2 atom stereocenters. The van der Waals surface area contributed by atoms with Crippen LogP contribution in [0.15, 0.2) is 24.3 Å². The molecule has 1 N–H and O–H groups in total. The zero-order valence-electron chi connectivity index (χ0n) is 11.5. The van der Waals surface area contributed by atoms with Crippen LogP contribution in [0, 0.1) is 5.92 Å². The Hall–Kier alpha value is -1.35. The Morgan fingerprint density at radius 3 is 2.63 bits per heavy atom. The van der Waals surface area contributed by atoms with Crippen molar-refractivity contribution >= 4 is 5.78 Å². The van der Waals surface area contributed by atoms with E-state index in [1.54, 1.807) is 7.11 Å². The molecule has 1 fully saturated rings. The number of aliphatic hydroxyl groups is 1. The second-order valence-electron chi connectivity index (χ2n) is 5.35. The van der Waals surface area contributed by atoms with Gasteiger partial charge in [-0.2, -0.15) is 0 Å². The molecule has 1 saturated carbocycles. The van der Waals surface area contributed by atoms with E-state index in [1.807, 2.05) is 12.1 Å². The first-order valence-electron chi connectivity index (χ1n) is 7.01. The molecular weight excluding hydrogens is 240 g/mol. The number of hydrogen-bond donors (Lipinski definition) is 1. The van der Waals surface area contributed by atoms with Crippen LogP contribution in [0.1, 0.15) is 37.7 Å². The lowest BCUT2D eigenvalue weighted by Crippen LogP contribution is -2.25. The molecule has 2 rings (SSSR count). The second-order valence-corrected chi connectivity index (χ2v) is 5.35. The highest BCUT2D eigenvalue weighted by atomic mass is 16.5. The first-order valence-corrected chi connectivity index (χ1v) is 7.01. The standard InChI is InChI=1S/C16H22O3/c1-19-15-8-5-12(6-9-15)11-13-3-2-4-14(17)7-10-16(13)18/h5-6,8-9,13,16,18H,2-4,7,10-11H2,1H3/t13-,16-/m0/s1. The van der Waals surface area contributed by atoms with Crippen molar-refractivity contribution in [2.24, 2.45) is 5.92 Å². The van der Waals surface area contributed by atoms with Crippen molar-refractivity contribution in [3.63, 3.8) is 0 Å². The average Bonchev–Trinajstić information content (AvgIpc) is 2.43. The summed E-state index contributed by atoms with van der Waals surface area (Å²) in [6.07, 6.45) is 4.16. The molecule has 0 heterocycles. The Morgan fingerprint density at radius 2 is 1.95 bits per heavy atom. The number of benzene rings is 1. The van der Waals surface area contributed by atoms with E-state index < -0.39 is 0 Å². The highest BCUT2D eigenvalue weighted by molar-refractivity contribution is 5.78. The lowest BCUT2D eigenvalue weighted by atomic mass is 9.84. The maximum Gasteiger partial charge on any atom is 0.133 e. The zero-order chi connectivity index (χ0) is 13.7. The Balaban J connectivity index is 1.97. The number of carbonyl (C=O) groups is 1. The normalized spacial score (nSPS) is 24.6. The summed E-state index contributed by atoms with van der Waals surface area (Å²) >= 11 is 0. The van der Waals surface area contributed by atoms with Gasteiger partial charge in [-0.05, 0) is 49.3 Å². The monoisotopic (exact) mass is 262 g/mol. The Labute approximate surface area is 114 Å². The summed E-state index contributed by atoms with van der Waals surface area (Å²) in [6.45, 7) is 0. The fourth-order valence-corrected chi connectivity index (χ4v) is 2.73. The summed E-state index contributed by atoms with van der Waals surface area (Å²) in [5, 5.41) is 10.2. The maximum absolute atomic E-state index is 11.4. The largest absolute Gasteiger partial charge is 0.497 e. The van der Waals surface area contributed by atoms with Gasteiger partial charge in [0.1, 0.15) is 11.5 Å². The van der Waals surface area contributed by atoms with Crippen molar-refractivity contribution in [1.82, 2.24) is 0 Å². The minimum absolute atomic E-state index is 0.265. The van der Waals surface area contributed by atoms with Crippen LogP contribution < -0.4 is 4.74 Å². The number of carbonyl (C=O) groups excluding carboxylic acids is 1. The molecule has 0 bridgehead atoms. The third kappa shape index (κ3) is 4.06. The van der Waals surface area contributed by atoms with Gasteiger partial charge in [0, 0.05) is 12.8 Å². The summed E-state index contributed by atoms with van der Waals surface area (Å²) in [6, 6.07) is 8.01. The van der Waals surface area contributed by atoms with Crippen molar-refractivity contribution in [3.8, 4) is 5.75 Å². The van der Waals surface area contributed by atoms with Gasteiger partial charge in [0.15, 0.2) is 0 Å². The van der Waals surface area contributed by atoms with E-state index in [4.69, 9.17) is 4.74 Å². The van der Waals surface area contributed by atoms with Gasteiger partial charge >= 0.3 is 0 Å². The summed E-state index contributed by atoms with van der Waals surface area (Å²) in [4.78, 5) is 11.4. The molecule has 3 heteroatoms. The molecule has 0 unspecified atom stereocenters. The van der Waals surface area contributed by atoms with E-state index in [0.29, 0.717) is 25.0 Å². The van der Waals surface area contributed by atoms with Crippen LogP contribution in [0.3, 0.4) is 0 Å². The van der Waals surface area contributed by atoms with E-state index in [-0.39, 0.29) is 12.0 Å². The topological polar surface area (TPSA) is 46.5 Å². The van der Waals surface area contributed by atoms with Crippen molar-refractivity contribution in [2.45, 2.75) is 44.6 Å². The van der Waals surface area contributed by atoms with Gasteiger partial charge in [0.2, 0.25) is 0 Å². The number of ether oxygens (including phenoxy) is 1. The molecule has 0 aromatic heterocycles. The van der Waals surface area contributed by atoms with Gasteiger partial charge < -0.3 is 9.84 Å². The Bertz CT molecular complexity index is 411. The Kier molecular flexibility index (Phi) is 4.97. The van der Waals surface area contributed by atoms with Gasteiger partial charge in [-0.3, -0.25) is 4.79 Å². The maximum atomic E-state index is 11.4. The average molecular weight is 262 g/mol. The molecule has 1 aliphatic rings. The van der Waals surface area contributed by atoms with Gasteiger partial charge in [0.25, 0.3) is 0 Å². The minimum Gasteiger partial charge on any atom is -0.497 e. The molecule has 1 aliphatic carbocycles. The zero-order valence-corrected chi connectivity index (χ0v) is 11.5. The molecule has 0 amide bonds. The van der Waals surface area contributed by atoms with E-state index in [0.717, 1.165) is 25.0 Å². The summed E-state index contributed by atoms with van der Waals surface area (Å²) < 4.78 is 5.14. The van der Waals surface area contributed by atoms with Crippen molar-refractivity contribution in [3.05, 3.63) is 29.8 Å². The number of methoxy groups -OCH3 is 1. The quantitative estimate of drug-likeness (QED) is 0.911. The van der Waals surface area contributed by atoms with Crippen LogP contribution >= 0.6 is 0 Å². The fourth-order valence-electron chi connectivity index (χ4n) is 2.73. The first kappa shape index (κ1) is 14.1. The third-order valence-corrected chi connectivity index (χ3v) is 3.95. The van der Waals surface area contributed by atoms with E-state index in [2.05, 4.69) is 12.1 Å². The van der Waals surface area contributed by atoms with Crippen LogP contribution in [0.2, 0.25) is 0 Å². The smallest absolute Gasteiger partial charge is 0.133 e. The third-order valence-electron chi connectivity index (χ3n) is 3.95. The van der Waals surface area contributed by atoms with Crippen molar-refractivity contribution < 1.29 is 14.6 Å². The highest BCUT2D eigenvalue weighted by Gasteiger charge is 2.23. The van der Waals surface area contributed by atoms with Crippen LogP contribution in [-0.2, 0) is 11.2 Å². The number of ketones is 1. The molecule has 0 radical (unpaired) electrons. The van der Waals surface area contributed by atoms with Crippen molar-refractivity contribution in [1.29, 1.82) is 0 Å². The van der Waals surface area contributed by atoms with Crippen molar-refractivity contribution in [2.75, 3.05) is 7.11 Å². The van der Waals surface area contributed by atoms with Crippen LogP contribution in [0.25, 0.3) is 0 Å². The second kappa shape index (κ2) is 6.71. The van der Waals surface area contributed by atoms with Crippen LogP contribution in [-0.4, -0.2) is 24.1 Å². The molecule has 1 aromatic carbocycles. The minimum atomic E-state index is -0.355. The van der Waals surface area contributed by atoms with E-state index in [1.165, 1.54) is 5.56 Å². The number of hydrogen-bond acceptors (Lipinski definition) is 3. The Morgan fingerprint density at radius 1 is 1.21 bits per heavy atom. The number of Topliss-reactive ketones (excluding diaryl/α,β-unsaturated/α-hetero) is 1. The molecule has 0 saturated heterocycles. The lowest BCUT2D eigenvalue weighted by Gasteiger charge is -2.25. The lowest BCUT2D eigenvalue weighted by molar-refractivity contribution is -0.120. The SMILES string of the molecule is COc1ccc(C[C@@H]2CCCC(=O)CC[C@@H]2O)cc1. The fraction of sp³-hybridized carbons (Fsp3) is 0.562. The van der Waals surface area contributed by atoms with Gasteiger partial charge in [-0.1, -0.05) is 12.1 Å². The molecule has 3 nitrogen and oxygen atoms in total. The van der Waals surface area contributed by atoms with Gasteiger partial charge in [-0.15, -0.1) is 0 Å². The highest BCUT2D eigenvalue weighted by Crippen LogP contribution is 2.25.